The van der Waals surface area contributed by atoms with Gasteiger partial charge in [-0.05, 0) is 23.8 Å². The molecule has 0 unspecified atom stereocenters. The fraction of sp³-hybridized carbons (Fsp3) is 0.0909. The van der Waals surface area contributed by atoms with Gasteiger partial charge in [0, 0.05) is 40.6 Å². The molecule has 0 fully saturated rings. The Kier molecular flexibility index (Phi) is 4.34. The highest BCUT2D eigenvalue weighted by molar-refractivity contribution is 6.09. The van der Waals surface area contributed by atoms with Crippen LogP contribution >= 0.6 is 0 Å². The monoisotopic (exact) mass is 356 g/mol. The Balaban J connectivity index is 0.000000872. The van der Waals surface area contributed by atoms with Gasteiger partial charge >= 0.3 is 0 Å². The maximum Gasteiger partial charge on any atom is 0.249 e. The molecule has 0 atom stereocenters. The summed E-state index contributed by atoms with van der Waals surface area (Å²) in [5.74, 6) is 0. The predicted molar refractivity (Wildman–Crippen MR) is 110 cm³/mol. The maximum atomic E-state index is 12.2. The van der Waals surface area contributed by atoms with E-state index in [1.807, 2.05) is 67.1 Å². The molecule has 0 saturated heterocycles. The van der Waals surface area contributed by atoms with Gasteiger partial charge in [-0.2, -0.15) is 0 Å². The molecule has 0 spiro atoms. The van der Waals surface area contributed by atoms with E-state index in [0.717, 1.165) is 38.8 Å². The number of imidazole rings is 1. The molecule has 0 aliphatic carbocycles. The van der Waals surface area contributed by atoms with Crippen LogP contribution < -0.4 is 5.56 Å². The number of benzene rings is 2. The first-order valence-electron chi connectivity index (χ1n) is 9.02. The Labute approximate surface area is 156 Å². The molecule has 0 aliphatic rings. The van der Waals surface area contributed by atoms with E-state index in [1.165, 1.54) is 0 Å². The molecule has 27 heavy (non-hydrogen) atoms. The van der Waals surface area contributed by atoms with Crippen LogP contribution in [0.15, 0.2) is 78.1 Å². The molecule has 134 valence electrons. The van der Waals surface area contributed by atoms with Crippen LogP contribution in [-0.4, -0.2) is 19.5 Å². The molecular weight excluding hydrogens is 336 g/mol. The predicted octanol–water partition coefficient (Wildman–Crippen LogP) is 4.89. The molecule has 5 heteroatoms. The van der Waals surface area contributed by atoms with Crippen LogP contribution in [0.25, 0.3) is 38.8 Å². The van der Waals surface area contributed by atoms with Crippen LogP contribution in [-0.2, 0) is 0 Å². The normalized spacial score (nSPS) is 10.7. The number of nitrogens with one attached hydrogen (secondary N) is 2. The van der Waals surface area contributed by atoms with Crippen molar-refractivity contribution in [2.75, 3.05) is 0 Å². The summed E-state index contributed by atoms with van der Waals surface area (Å²) >= 11 is 0. The number of rotatable bonds is 2. The third-order valence-corrected chi connectivity index (χ3v) is 4.46. The lowest BCUT2D eigenvalue weighted by atomic mass is 10.0. The average Bonchev–Trinajstić information content (AvgIpc) is 3.37. The van der Waals surface area contributed by atoms with E-state index in [9.17, 15) is 4.79 Å². The van der Waals surface area contributed by atoms with E-state index >= 15 is 0 Å². The number of hydrogen-bond acceptors (Lipinski definition) is 2. The van der Waals surface area contributed by atoms with E-state index in [4.69, 9.17) is 0 Å². The first-order valence-corrected chi connectivity index (χ1v) is 9.02. The number of H-pyrrole nitrogens is 2. The summed E-state index contributed by atoms with van der Waals surface area (Å²) in [4.78, 5) is 22.7. The van der Waals surface area contributed by atoms with Crippen LogP contribution in [0.3, 0.4) is 0 Å². The van der Waals surface area contributed by atoms with E-state index in [1.54, 1.807) is 18.6 Å². The largest absolute Gasteiger partial charge is 0.353 e. The second-order valence-electron chi connectivity index (χ2n) is 5.99. The Morgan fingerprint density at radius 2 is 1.78 bits per heavy atom. The fourth-order valence-electron chi connectivity index (χ4n) is 3.31. The molecule has 3 aromatic heterocycles. The first kappa shape index (κ1) is 16.8. The average molecular weight is 356 g/mol. The van der Waals surface area contributed by atoms with E-state index in [-0.39, 0.29) is 5.56 Å². The zero-order valence-corrected chi connectivity index (χ0v) is 15.2. The van der Waals surface area contributed by atoms with E-state index in [2.05, 4.69) is 21.0 Å². The van der Waals surface area contributed by atoms with Crippen molar-refractivity contribution in [3.8, 4) is 16.8 Å². The summed E-state index contributed by atoms with van der Waals surface area (Å²) in [6.45, 7) is 4.00. The highest BCUT2D eigenvalue weighted by Gasteiger charge is 2.12. The van der Waals surface area contributed by atoms with Crippen LogP contribution in [0, 0.1) is 0 Å². The summed E-state index contributed by atoms with van der Waals surface area (Å²) in [5.41, 5.74) is 5.53. The topological polar surface area (TPSA) is 66.5 Å². The molecular formula is C22H20N4O. The van der Waals surface area contributed by atoms with Crippen molar-refractivity contribution in [2.24, 2.45) is 0 Å². The molecule has 5 nitrogen and oxygen atoms in total. The molecule has 0 radical (unpaired) electrons. The standard InChI is InChI=1S/C20H14N4O.C2H6/c25-18-11-16(13-4-3-5-14(10-13)24-9-8-21-12-24)20-19(23-18)15-6-1-2-7-17(15)22-20;1-2/h1-12,22H,(H,23,25);1-2H3. The fourth-order valence-corrected chi connectivity index (χ4v) is 3.31. The van der Waals surface area contributed by atoms with Gasteiger partial charge in [-0.1, -0.05) is 44.2 Å². The van der Waals surface area contributed by atoms with Gasteiger partial charge in [0.2, 0.25) is 5.56 Å². The van der Waals surface area contributed by atoms with Crippen LogP contribution in [0.4, 0.5) is 0 Å². The van der Waals surface area contributed by atoms with Crippen molar-refractivity contribution in [2.45, 2.75) is 13.8 Å². The Morgan fingerprint density at radius 3 is 2.59 bits per heavy atom. The third kappa shape index (κ3) is 2.93. The van der Waals surface area contributed by atoms with Crippen molar-refractivity contribution in [1.29, 1.82) is 0 Å². The van der Waals surface area contributed by atoms with Crippen molar-refractivity contribution in [3.63, 3.8) is 0 Å². The highest BCUT2D eigenvalue weighted by atomic mass is 16.1. The van der Waals surface area contributed by atoms with Gasteiger partial charge in [0.1, 0.15) is 0 Å². The zero-order valence-electron chi connectivity index (χ0n) is 15.2. The van der Waals surface area contributed by atoms with Gasteiger partial charge in [0.25, 0.3) is 0 Å². The minimum absolute atomic E-state index is 0.111. The summed E-state index contributed by atoms with van der Waals surface area (Å²) in [6, 6.07) is 17.7. The number of fused-ring (bicyclic) bond motifs is 3. The van der Waals surface area contributed by atoms with Gasteiger partial charge in [-0.3, -0.25) is 4.79 Å². The summed E-state index contributed by atoms with van der Waals surface area (Å²) in [7, 11) is 0. The number of hydrogen-bond donors (Lipinski definition) is 2. The van der Waals surface area contributed by atoms with E-state index in [0.29, 0.717) is 0 Å². The number of aromatic amines is 2. The molecule has 0 amide bonds. The quantitative estimate of drug-likeness (QED) is 0.473. The number of para-hydroxylation sites is 1. The van der Waals surface area contributed by atoms with Crippen molar-refractivity contribution in [3.05, 3.63) is 83.7 Å². The lowest BCUT2D eigenvalue weighted by Crippen LogP contribution is -2.04. The Morgan fingerprint density at radius 1 is 0.926 bits per heavy atom. The van der Waals surface area contributed by atoms with Crippen LogP contribution in [0.5, 0.6) is 0 Å². The molecule has 3 heterocycles. The summed E-state index contributed by atoms with van der Waals surface area (Å²) in [6.07, 6.45) is 5.40. The lowest BCUT2D eigenvalue weighted by molar-refractivity contribution is 1.06. The zero-order chi connectivity index (χ0) is 18.8. The molecule has 0 saturated carbocycles. The van der Waals surface area contributed by atoms with Crippen molar-refractivity contribution in [1.82, 2.24) is 19.5 Å². The Hall–Kier alpha value is -3.60. The minimum Gasteiger partial charge on any atom is -0.353 e. The number of pyridine rings is 1. The van der Waals surface area contributed by atoms with Gasteiger partial charge in [-0.15, -0.1) is 0 Å². The van der Waals surface area contributed by atoms with E-state index < -0.39 is 0 Å². The smallest absolute Gasteiger partial charge is 0.249 e. The van der Waals surface area contributed by atoms with Gasteiger partial charge < -0.3 is 14.5 Å². The van der Waals surface area contributed by atoms with Crippen LogP contribution in [0.1, 0.15) is 13.8 Å². The number of nitrogens with zero attached hydrogens (tertiary/aromatic N) is 2. The first-order chi connectivity index (χ1) is 13.3. The summed E-state index contributed by atoms with van der Waals surface area (Å²) < 4.78 is 1.94. The summed E-state index contributed by atoms with van der Waals surface area (Å²) in [5, 5.41) is 1.02. The van der Waals surface area contributed by atoms with Crippen molar-refractivity contribution < 1.29 is 0 Å². The van der Waals surface area contributed by atoms with Gasteiger partial charge in [0.15, 0.2) is 0 Å². The highest BCUT2D eigenvalue weighted by Crippen LogP contribution is 2.31. The maximum absolute atomic E-state index is 12.2. The lowest BCUT2D eigenvalue weighted by Gasteiger charge is -2.07. The number of aromatic nitrogens is 4. The minimum atomic E-state index is -0.111. The second kappa shape index (κ2) is 6.96. The van der Waals surface area contributed by atoms with Gasteiger partial charge in [-0.25, -0.2) is 4.98 Å². The third-order valence-electron chi connectivity index (χ3n) is 4.46. The van der Waals surface area contributed by atoms with Crippen molar-refractivity contribution >= 4 is 21.9 Å². The second-order valence-corrected chi connectivity index (χ2v) is 5.99. The molecule has 0 bridgehead atoms. The molecule has 2 aromatic carbocycles. The molecule has 0 aliphatic heterocycles. The Bertz CT molecular complexity index is 1260. The molecule has 2 N–H and O–H groups in total. The van der Waals surface area contributed by atoms with Crippen LogP contribution in [0.2, 0.25) is 0 Å². The molecule has 5 rings (SSSR count). The SMILES string of the molecule is CC.O=c1cc(-c2cccc(-n3ccnc3)c2)c2[nH]c3ccccc3c2[nH]1. The molecule has 5 aromatic rings. The van der Waals surface area contributed by atoms with Gasteiger partial charge in [0.05, 0.1) is 17.4 Å².